The molecule has 1 aliphatic rings. The monoisotopic (exact) mass is 232 g/mol. The van der Waals surface area contributed by atoms with Crippen LogP contribution in [0.5, 0.6) is 0 Å². The van der Waals surface area contributed by atoms with E-state index in [0.717, 1.165) is 11.7 Å². The normalized spacial score (nSPS) is 22.9. The zero-order valence-electron chi connectivity index (χ0n) is 8.82. The Labute approximate surface area is 95.1 Å². The first kappa shape index (κ1) is 12.5. The molecule has 1 aliphatic heterocycles. The van der Waals surface area contributed by atoms with E-state index in [1.165, 1.54) is 32.1 Å². The minimum absolute atomic E-state index is 0.111. The molecule has 14 heavy (non-hydrogen) atoms. The summed E-state index contributed by atoms with van der Waals surface area (Å²) >= 11 is 0. The lowest BCUT2D eigenvalue weighted by Crippen LogP contribution is -1.98. The van der Waals surface area contributed by atoms with Crippen molar-refractivity contribution < 1.29 is 5.11 Å². The molecule has 0 aromatic rings. The van der Waals surface area contributed by atoms with E-state index < -0.39 is 0 Å². The first-order valence-electron chi connectivity index (χ1n) is 5.46. The Bertz CT molecular complexity index is 169. The van der Waals surface area contributed by atoms with Crippen LogP contribution in [0.3, 0.4) is 0 Å². The highest BCUT2D eigenvalue weighted by molar-refractivity contribution is 8.78. The standard InChI is InChI=1S/C11H20OS2/c1-10(12)6-4-2-3-5-7-11-8-9-13-14-11/h8-12H,2-7H2,1H3. The Balaban J connectivity index is 1.82. The molecule has 1 nitrogen and oxygen atoms in total. The highest BCUT2D eigenvalue weighted by Crippen LogP contribution is 2.37. The van der Waals surface area contributed by atoms with Crippen LogP contribution in [0.2, 0.25) is 0 Å². The van der Waals surface area contributed by atoms with Crippen molar-refractivity contribution in [3.63, 3.8) is 0 Å². The maximum absolute atomic E-state index is 9.07. The largest absolute Gasteiger partial charge is 0.393 e. The van der Waals surface area contributed by atoms with Crippen molar-refractivity contribution in [2.45, 2.75) is 56.8 Å². The second-order valence-corrected chi connectivity index (χ2v) is 6.32. The summed E-state index contributed by atoms with van der Waals surface area (Å²) in [4.78, 5) is 0. The van der Waals surface area contributed by atoms with Gasteiger partial charge in [0.1, 0.15) is 0 Å². The summed E-state index contributed by atoms with van der Waals surface area (Å²) in [7, 11) is 3.83. The van der Waals surface area contributed by atoms with Gasteiger partial charge in [0.2, 0.25) is 0 Å². The Hall–Kier alpha value is 0.400. The summed E-state index contributed by atoms with van der Waals surface area (Å²) in [6, 6.07) is 0. The summed E-state index contributed by atoms with van der Waals surface area (Å²) in [5.41, 5.74) is 0. The predicted molar refractivity (Wildman–Crippen MR) is 67.5 cm³/mol. The van der Waals surface area contributed by atoms with E-state index in [0.29, 0.717) is 0 Å². The van der Waals surface area contributed by atoms with Gasteiger partial charge in [-0.25, -0.2) is 0 Å². The molecule has 0 spiro atoms. The summed E-state index contributed by atoms with van der Waals surface area (Å²) in [5, 5.41) is 12.0. The Morgan fingerprint density at radius 2 is 2.07 bits per heavy atom. The fraction of sp³-hybridized carbons (Fsp3) is 0.818. The maximum atomic E-state index is 9.07. The van der Waals surface area contributed by atoms with Crippen molar-refractivity contribution >= 4 is 21.6 Å². The van der Waals surface area contributed by atoms with E-state index in [2.05, 4.69) is 11.5 Å². The van der Waals surface area contributed by atoms with Crippen LogP contribution in [0, 0.1) is 0 Å². The molecule has 82 valence electrons. The van der Waals surface area contributed by atoms with Crippen molar-refractivity contribution in [3.8, 4) is 0 Å². The zero-order chi connectivity index (χ0) is 10.2. The average molecular weight is 232 g/mol. The molecule has 0 radical (unpaired) electrons. The molecule has 1 rings (SSSR count). The molecular weight excluding hydrogens is 212 g/mol. The van der Waals surface area contributed by atoms with Gasteiger partial charge in [0.05, 0.1) is 6.10 Å². The molecule has 0 aliphatic carbocycles. The van der Waals surface area contributed by atoms with Crippen molar-refractivity contribution in [1.82, 2.24) is 0 Å². The molecule has 2 atom stereocenters. The summed E-state index contributed by atoms with van der Waals surface area (Å²) in [6.07, 6.45) is 9.60. The van der Waals surface area contributed by atoms with Gasteiger partial charge in [-0.15, -0.1) is 0 Å². The molecule has 0 aromatic carbocycles. The molecule has 1 heterocycles. The Kier molecular flexibility index (Phi) is 6.82. The van der Waals surface area contributed by atoms with Crippen LogP contribution >= 0.6 is 21.6 Å². The van der Waals surface area contributed by atoms with Gasteiger partial charge in [-0.1, -0.05) is 53.3 Å². The molecule has 0 aromatic heterocycles. The van der Waals surface area contributed by atoms with Gasteiger partial charge >= 0.3 is 0 Å². The highest BCUT2D eigenvalue weighted by atomic mass is 33.1. The van der Waals surface area contributed by atoms with Crippen molar-refractivity contribution in [3.05, 3.63) is 11.5 Å². The minimum atomic E-state index is -0.111. The van der Waals surface area contributed by atoms with Crippen LogP contribution in [-0.2, 0) is 0 Å². The SMILES string of the molecule is CC(O)CCCCCCC1C=CSS1. The molecular formula is C11H20OS2. The highest BCUT2D eigenvalue weighted by Gasteiger charge is 2.09. The summed E-state index contributed by atoms with van der Waals surface area (Å²) in [6.45, 7) is 1.87. The number of hydrogen-bond donors (Lipinski definition) is 1. The van der Waals surface area contributed by atoms with Gasteiger partial charge in [-0.2, -0.15) is 0 Å². The Morgan fingerprint density at radius 3 is 2.71 bits per heavy atom. The smallest absolute Gasteiger partial charge is 0.0512 e. The minimum Gasteiger partial charge on any atom is -0.393 e. The molecule has 0 fully saturated rings. The van der Waals surface area contributed by atoms with Crippen molar-refractivity contribution in [2.75, 3.05) is 0 Å². The number of aliphatic hydroxyl groups excluding tert-OH is 1. The van der Waals surface area contributed by atoms with Crippen LogP contribution in [0.25, 0.3) is 0 Å². The van der Waals surface area contributed by atoms with Crippen molar-refractivity contribution in [2.24, 2.45) is 0 Å². The van der Waals surface area contributed by atoms with Gasteiger partial charge in [0, 0.05) is 5.25 Å². The van der Waals surface area contributed by atoms with Gasteiger partial charge in [-0.3, -0.25) is 0 Å². The Morgan fingerprint density at radius 1 is 1.29 bits per heavy atom. The fourth-order valence-electron chi connectivity index (χ4n) is 1.54. The molecule has 1 N–H and O–H groups in total. The summed E-state index contributed by atoms with van der Waals surface area (Å²) < 4.78 is 0. The molecule has 0 saturated heterocycles. The summed E-state index contributed by atoms with van der Waals surface area (Å²) in [5.74, 6) is 0. The van der Waals surface area contributed by atoms with Crippen LogP contribution < -0.4 is 0 Å². The van der Waals surface area contributed by atoms with E-state index in [1.807, 2.05) is 28.5 Å². The van der Waals surface area contributed by atoms with Gasteiger partial charge in [-0.05, 0) is 25.2 Å². The lowest BCUT2D eigenvalue weighted by atomic mass is 10.1. The molecule has 0 saturated carbocycles. The van der Waals surface area contributed by atoms with E-state index in [-0.39, 0.29) is 6.10 Å². The van der Waals surface area contributed by atoms with Crippen LogP contribution in [0.1, 0.15) is 45.4 Å². The third-order valence-electron chi connectivity index (χ3n) is 2.39. The number of rotatable bonds is 7. The number of unbranched alkanes of at least 4 members (excludes halogenated alkanes) is 3. The van der Waals surface area contributed by atoms with Crippen LogP contribution in [0.4, 0.5) is 0 Å². The topological polar surface area (TPSA) is 20.2 Å². The van der Waals surface area contributed by atoms with E-state index in [1.54, 1.807) is 0 Å². The predicted octanol–water partition coefficient (Wildman–Crippen LogP) is 3.99. The molecule has 0 amide bonds. The van der Waals surface area contributed by atoms with Gasteiger partial charge < -0.3 is 5.11 Å². The van der Waals surface area contributed by atoms with Crippen LogP contribution in [-0.4, -0.2) is 16.5 Å². The van der Waals surface area contributed by atoms with E-state index in [4.69, 9.17) is 5.11 Å². The third-order valence-corrected chi connectivity index (χ3v) is 4.82. The third kappa shape index (κ3) is 5.99. The molecule has 3 heteroatoms. The second-order valence-electron chi connectivity index (χ2n) is 3.90. The average Bonchev–Trinajstić information content (AvgIpc) is 2.63. The van der Waals surface area contributed by atoms with E-state index >= 15 is 0 Å². The van der Waals surface area contributed by atoms with Crippen LogP contribution in [0.15, 0.2) is 11.5 Å². The fourth-order valence-corrected chi connectivity index (χ4v) is 3.80. The quantitative estimate of drug-likeness (QED) is 0.529. The maximum Gasteiger partial charge on any atom is 0.0512 e. The first-order chi connectivity index (χ1) is 6.79. The lowest BCUT2D eigenvalue weighted by Gasteiger charge is -2.06. The lowest BCUT2D eigenvalue weighted by molar-refractivity contribution is 0.180. The first-order valence-corrected chi connectivity index (χ1v) is 7.73. The number of hydrogen-bond acceptors (Lipinski definition) is 3. The van der Waals surface area contributed by atoms with Gasteiger partial charge in [0.25, 0.3) is 0 Å². The van der Waals surface area contributed by atoms with Gasteiger partial charge in [0.15, 0.2) is 0 Å². The molecule has 2 unspecified atom stereocenters. The number of aliphatic hydroxyl groups is 1. The zero-order valence-corrected chi connectivity index (χ0v) is 10.4. The second kappa shape index (κ2) is 7.66. The van der Waals surface area contributed by atoms with Crippen molar-refractivity contribution in [1.29, 1.82) is 0 Å². The molecule has 0 bridgehead atoms. The van der Waals surface area contributed by atoms with E-state index in [9.17, 15) is 0 Å².